The largest absolute Gasteiger partial charge is 0.444 e. The van der Waals surface area contributed by atoms with Gasteiger partial charge in [0.05, 0.1) is 8.95 Å². The van der Waals surface area contributed by atoms with Crippen LogP contribution in [-0.2, 0) is 14.2 Å². The van der Waals surface area contributed by atoms with Gasteiger partial charge in [-0.15, -0.1) is 0 Å². The van der Waals surface area contributed by atoms with Gasteiger partial charge in [0.25, 0.3) is 6.01 Å². The summed E-state index contributed by atoms with van der Waals surface area (Å²) in [5, 5.41) is 3.33. The lowest BCUT2D eigenvalue weighted by molar-refractivity contribution is 0.0191. The van der Waals surface area contributed by atoms with E-state index in [9.17, 15) is 14.4 Å². The third-order valence-electron chi connectivity index (χ3n) is 8.47. The van der Waals surface area contributed by atoms with E-state index >= 15 is 0 Å². The first-order valence-corrected chi connectivity index (χ1v) is 20.1. The number of benzene rings is 2. The van der Waals surface area contributed by atoms with Gasteiger partial charge in [0.15, 0.2) is 11.2 Å². The monoisotopic (exact) mass is 890 g/mol. The Kier molecular flexibility index (Phi) is 13.0. The third-order valence-corrected chi connectivity index (χ3v) is 9.72. The molecule has 0 radical (unpaired) electrons. The lowest BCUT2D eigenvalue weighted by Crippen LogP contribution is -2.51. The van der Waals surface area contributed by atoms with E-state index in [4.69, 9.17) is 23.0 Å². The summed E-state index contributed by atoms with van der Waals surface area (Å²) in [5.74, 6) is 0. The summed E-state index contributed by atoms with van der Waals surface area (Å²) < 4.78 is 29.9. The van der Waals surface area contributed by atoms with Crippen LogP contribution in [0, 0.1) is 0 Å². The van der Waals surface area contributed by atoms with E-state index in [-0.39, 0.29) is 30.3 Å². The van der Waals surface area contributed by atoms with Gasteiger partial charge in [-0.3, -0.25) is 0 Å². The Balaban J connectivity index is 0.000000218. The topological polar surface area (TPSA) is 153 Å². The van der Waals surface area contributed by atoms with E-state index in [1.807, 2.05) is 98.7 Å². The van der Waals surface area contributed by atoms with Gasteiger partial charge in [0, 0.05) is 38.3 Å². The molecule has 14 nitrogen and oxygen atoms in total. The van der Waals surface area contributed by atoms with Crippen LogP contribution in [0.5, 0.6) is 0 Å². The van der Waals surface area contributed by atoms with Crippen molar-refractivity contribution in [3.63, 3.8) is 0 Å². The minimum absolute atomic E-state index is 0.187. The number of piperidine rings is 2. The fraction of sp³-hybridized carbons (Fsp3) is 0.564. The molecule has 2 aliphatic heterocycles. The summed E-state index contributed by atoms with van der Waals surface area (Å²) >= 11 is 6.93. The second-order valence-corrected chi connectivity index (χ2v) is 18.3. The molecule has 16 heteroatoms. The molecular formula is C39H52Br2N6O8. The zero-order valence-corrected chi connectivity index (χ0v) is 36.2. The second kappa shape index (κ2) is 17.0. The van der Waals surface area contributed by atoms with Crippen LogP contribution in [-0.4, -0.2) is 93.1 Å². The normalized spacial score (nSPS) is 16.1. The van der Waals surface area contributed by atoms with Gasteiger partial charge in [-0.25, -0.2) is 19.3 Å². The molecular weight excluding hydrogens is 840 g/mol. The molecule has 2 aromatic heterocycles. The van der Waals surface area contributed by atoms with Crippen molar-refractivity contribution in [1.82, 2.24) is 19.8 Å². The molecule has 1 N–H and O–H groups in total. The molecule has 3 amide bonds. The van der Waals surface area contributed by atoms with Crippen LogP contribution < -0.4 is 10.2 Å². The van der Waals surface area contributed by atoms with Crippen molar-refractivity contribution in [3.8, 4) is 0 Å². The number of rotatable bonds is 4. The van der Waals surface area contributed by atoms with Gasteiger partial charge in [-0.05, 0) is 144 Å². The average Bonchev–Trinajstić information content (AvgIpc) is 3.69. The maximum absolute atomic E-state index is 13.1. The lowest BCUT2D eigenvalue weighted by atomic mass is 10.0. The number of nitrogens with zero attached hydrogens (tertiary/aromatic N) is 5. The number of aromatic nitrogens is 2. The number of amides is 3. The Morgan fingerprint density at radius 3 is 1.60 bits per heavy atom. The molecule has 0 spiro atoms. The molecule has 0 atom stereocenters. The zero-order chi connectivity index (χ0) is 40.3. The number of carbonyl (C=O) groups is 3. The summed E-state index contributed by atoms with van der Waals surface area (Å²) in [6, 6.07) is 12.0. The molecule has 2 aliphatic rings. The van der Waals surface area contributed by atoms with Gasteiger partial charge in [-0.2, -0.15) is 9.97 Å². The van der Waals surface area contributed by atoms with Gasteiger partial charge >= 0.3 is 24.3 Å². The number of fused-ring (bicyclic) bond motifs is 2. The third kappa shape index (κ3) is 11.7. The van der Waals surface area contributed by atoms with Crippen molar-refractivity contribution in [2.75, 3.05) is 36.4 Å². The molecule has 300 valence electrons. The van der Waals surface area contributed by atoms with Crippen molar-refractivity contribution in [1.29, 1.82) is 0 Å². The van der Waals surface area contributed by atoms with E-state index < -0.39 is 22.9 Å². The van der Waals surface area contributed by atoms with Crippen molar-refractivity contribution in [2.24, 2.45) is 0 Å². The number of hydrogen-bond acceptors (Lipinski definition) is 11. The Morgan fingerprint density at radius 1 is 0.691 bits per heavy atom. The standard InChI is InChI=1S/C22H30BrN3O5.C17H22BrN3O3/c1-21(2,3)30-19(27)25-12-10-14(11-13-25)26(20(28)31-22(4,5)6)18-24-16-9-7-8-15(23)17(16)29-18;1-17(2,3)24-16(22)21-9-7-11(8-10-21)19-15-20-13-6-4-5-12(18)14(13)23-15/h7-9,14H,10-13H2,1-6H3;4-6,11H,7-10H2,1-3H3,(H,19,20). The first-order valence-electron chi connectivity index (χ1n) is 18.5. The predicted molar refractivity (Wildman–Crippen MR) is 217 cm³/mol. The fourth-order valence-electron chi connectivity index (χ4n) is 6.02. The molecule has 0 saturated carbocycles. The van der Waals surface area contributed by atoms with Crippen LogP contribution in [0.2, 0.25) is 0 Å². The quantitative estimate of drug-likeness (QED) is 0.195. The van der Waals surface area contributed by atoms with Crippen molar-refractivity contribution < 1.29 is 37.4 Å². The highest BCUT2D eigenvalue weighted by Gasteiger charge is 2.37. The minimum atomic E-state index is -0.668. The number of para-hydroxylation sites is 2. The summed E-state index contributed by atoms with van der Waals surface area (Å²) in [5.41, 5.74) is 1.09. The first-order chi connectivity index (χ1) is 25.7. The van der Waals surface area contributed by atoms with E-state index in [2.05, 4.69) is 47.1 Å². The van der Waals surface area contributed by atoms with Crippen molar-refractivity contribution in [2.45, 2.75) is 117 Å². The van der Waals surface area contributed by atoms with Gasteiger partial charge in [0.2, 0.25) is 0 Å². The first kappa shape index (κ1) is 42.1. The summed E-state index contributed by atoms with van der Waals surface area (Å²) in [4.78, 5) is 51.5. The van der Waals surface area contributed by atoms with Gasteiger partial charge < -0.3 is 38.2 Å². The molecule has 6 rings (SSSR count). The predicted octanol–water partition coefficient (Wildman–Crippen LogP) is 10.1. The summed E-state index contributed by atoms with van der Waals surface area (Å²) in [6.07, 6.45) is 1.66. The number of likely N-dealkylation sites (tertiary alicyclic amines) is 2. The average molecular weight is 893 g/mol. The molecule has 0 unspecified atom stereocenters. The highest BCUT2D eigenvalue weighted by Crippen LogP contribution is 2.33. The Labute approximate surface area is 338 Å². The maximum Gasteiger partial charge on any atom is 0.418 e. The van der Waals surface area contributed by atoms with Crippen LogP contribution in [0.25, 0.3) is 22.2 Å². The second-order valence-electron chi connectivity index (χ2n) is 16.6. The van der Waals surface area contributed by atoms with E-state index in [1.54, 1.807) is 9.80 Å². The van der Waals surface area contributed by atoms with Crippen molar-refractivity contribution in [3.05, 3.63) is 45.3 Å². The summed E-state index contributed by atoms with van der Waals surface area (Å²) in [7, 11) is 0. The maximum atomic E-state index is 13.1. The number of oxazole rings is 2. The number of carbonyl (C=O) groups excluding carboxylic acids is 3. The highest BCUT2D eigenvalue weighted by molar-refractivity contribution is 9.11. The van der Waals surface area contributed by atoms with Crippen LogP contribution in [0.1, 0.15) is 88.0 Å². The lowest BCUT2D eigenvalue weighted by Gasteiger charge is -2.37. The number of halogens is 2. The SMILES string of the molecule is CC(C)(C)OC(=O)N1CCC(N(C(=O)OC(C)(C)C)c2nc3cccc(Br)c3o2)CC1.CC(C)(C)OC(=O)N1CCC(Nc2nc3cccc(Br)c3o2)CC1. The van der Waals surface area contributed by atoms with E-state index in [0.29, 0.717) is 56.1 Å². The number of nitrogens with one attached hydrogen (secondary N) is 1. The van der Waals surface area contributed by atoms with Crippen LogP contribution in [0.4, 0.5) is 26.4 Å². The smallest absolute Gasteiger partial charge is 0.418 e. The van der Waals surface area contributed by atoms with E-state index in [1.165, 1.54) is 4.90 Å². The van der Waals surface area contributed by atoms with E-state index in [0.717, 1.165) is 32.9 Å². The molecule has 4 heterocycles. The number of ether oxygens (including phenoxy) is 3. The molecule has 2 fully saturated rings. The zero-order valence-electron chi connectivity index (χ0n) is 33.0. The van der Waals surface area contributed by atoms with Gasteiger partial charge in [-0.1, -0.05) is 12.1 Å². The molecule has 55 heavy (non-hydrogen) atoms. The molecule has 0 bridgehead atoms. The van der Waals surface area contributed by atoms with Crippen LogP contribution in [0.3, 0.4) is 0 Å². The highest BCUT2D eigenvalue weighted by atomic mass is 79.9. The molecule has 4 aromatic rings. The fourth-order valence-corrected chi connectivity index (χ4v) is 6.89. The van der Waals surface area contributed by atoms with Gasteiger partial charge in [0.1, 0.15) is 27.8 Å². The minimum Gasteiger partial charge on any atom is -0.444 e. The van der Waals surface area contributed by atoms with Crippen molar-refractivity contribution >= 4 is 84.4 Å². The molecule has 2 saturated heterocycles. The Hall–Kier alpha value is -4.05. The number of anilines is 2. The molecule has 0 aliphatic carbocycles. The Bertz CT molecular complexity index is 1960. The Morgan fingerprint density at radius 2 is 1.15 bits per heavy atom. The molecule has 2 aromatic carbocycles. The van der Waals surface area contributed by atoms with Crippen LogP contribution >= 0.6 is 31.9 Å². The van der Waals surface area contributed by atoms with Crippen LogP contribution in [0.15, 0.2) is 54.2 Å². The summed E-state index contributed by atoms with van der Waals surface area (Å²) in [6.45, 7) is 18.9. The number of hydrogen-bond donors (Lipinski definition) is 1.